The number of nitrogens with zero attached hydrogens (tertiary/aromatic N) is 1. The van der Waals surface area contributed by atoms with Crippen molar-refractivity contribution in [3.63, 3.8) is 0 Å². The maximum atomic E-state index is 13.3. The van der Waals surface area contributed by atoms with E-state index < -0.39 is 18.6 Å². The van der Waals surface area contributed by atoms with E-state index in [0.717, 1.165) is 34.2 Å². The van der Waals surface area contributed by atoms with Crippen LogP contribution >= 0.6 is 0 Å². The molecule has 0 spiro atoms. The minimum atomic E-state index is -0.960. The van der Waals surface area contributed by atoms with Crippen molar-refractivity contribution in [2.24, 2.45) is 0 Å². The average Bonchev–Trinajstić information content (AvgIpc) is 3.16. The molecule has 1 unspecified atom stereocenters. The van der Waals surface area contributed by atoms with Gasteiger partial charge < -0.3 is 15.3 Å². The first-order valence-electron chi connectivity index (χ1n) is 10.6. The van der Waals surface area contributed by atoms with E-state index in [0.29, 0.717) is 13.1 Å². The predicted molar refractivity (Wildman–Crippen MR) is 118 cm³/mol. The Balaban J connectivity index is 1.37. The summed E-state index contributed by atoms with van der Waals surface area (Å²) in [7, 11) is 0. The van der Waals surface area contributed by atoms with Crippen LogP contribution in [0.4, 0.5) is 0 Å². The number of aliphatic hydroxyl groups is 1. The number of rotatable bonds is 4. The summed E-state index contributed by atoms with van der Waals surface area (Å²) < 4.78 is 0. The lowest BCUT2D eigenvalue weighted by atomic mass is 9.95. The summed E-state index contributed by atoms with van der Waals surface area (Å²) in [6, 6.07) is 22.8. The molecular weight excluding hydrogens is 388 g/mol. The first-order valence-corrected chi connectivity index (χ1v) is 10.6. The van der Waals surface area contributed by atoms with E-state index in [1.807, 2.05) is 66.7 Å². The molecule has 0 saturated carbocycles. The molecule has 2 aliphatic rings. The van der Waals surface area contributed by atoms with Crippen LogP contribution in [0.25, 0.3) is 11.1 Å². The monoisotopic (exact) mass is 412 g/mol. The Labute approximate surface area is 181 Å². The lowest BCUT2D eigenvalue weighted by Gasteiger charge is -2.32. The molecule has 2 amide bonds. The third kappa shape index (κ3) is 3.41. The van der Waals surface area contributed by atoms with Crippen molar-refractivity contribution < 1.29 is 14.7 Å². The van der Waals surface area contributed by atoms with Crippen LogP contribution in [-0.2, 0) is 22.6 Å². The number of benzene rings is 3. The zero-order valence-corrected chi connectivity index (χ0v) is 17.1. The second-order valence-electron chi connectivity index (χ2n) is 8.13. The van der Waals surface area contributed by atoms with E-state index in [1.54, 1.807) is 4.90 Å². The average molecular weight is 412 g/mol. The lowest BCUT2D eigenvalue weighted by Crippen LogP contribution is -2.52. The molecule has 1 heterocycles. The number of hydrogen-bond acceptors (Lipinski definition) is 3. The Kier molecular flexibility index (Phi) is 5.04. The number of carbonyl (C=O) groups is 2. The van der Waals surface area contributed by atoms with Crippen LogP contribution in [0, 0.1) is 0 Å². The van der Waals surface area contributed by atoms with Gasteiger partial charge in [0.05, 0.1) is 12.5 Å². The number of aliphatic hydroxyl groups excluding tert-OH is 1. The van der Waals surface area contributed by atoms with E-state index in [1.165, 1.54) is 5.56 Å². The molecule has 5 nitrogen and oxygen atoms in total. The zero-order valence-electron chi connectivity index (χ0n) is 17.1. The summed E-state index contributed by atoms with van der Waals surface area (Å²) in [5.41, 5.74) is 6.30. The molecular formula is C26H24N2O3. The molecule has 5 rings (SSSR count). The van der Waals surface area contributed by atoms with Gasteiger partial charge in [0.2, 0.25) is 11.8 Å². The molecule has 5 heteroatoms. The Bertz CT molecular complexity index is 1110. The number of amides is 2. The van der Waals surface area contributed by atoms with Crippen molar-refractivity contribution in [2.75, 3.05) is 13.2 Å². The van der Waals surface area contributed by atoms with Gasteiger partial charge in [0, 0.05) is 13.1 Å². The third-order valence-corrected chi connectivity index (χ3v) is 6.34. The number of fused-ring (bicyclic) bond motifs is 4. The summed E-state index contributed by atoms with van der Waals surface area (Å²) in [6.07, 6.45) is 0.775. The van der Waals surface area contributed by atoms with Gasteiger partial charge in [-0.25, -0.2) is 0 Å². The van der Waals surface area contributed by atoms with Crippen molar-refractivity contribution in [1.82, 2.24) is 10.2 Å². The highest BCUT2D eigenvalue weighted by atomic mass is 16.3. The number of hydrogen-bond donors (Lipinski definition) is 2. The van der Waals surface area contributed by atoms with Crippen molar-refractivity contribution in [3.8, 4) is 11.1 Å². The van der Waals surface area contributed by atoms with Gasteiger partial charge in [0.25, 0.3) is 0 Å². The van der Waals surface area contributed by atoms with Crippen molar-refractivity contribution in [1.29, 1.82) is 0 Å². The van der Waals surface area contributed by atoms with Gasteiger partial charge in [0.15, 0.2) is 0 Å². The molecule has 1 aliphatic heterocycles. The van der Waals surface area contributed by atoms with Crippen LogP contribution < -0.4 is 5.32 Å². The highest BCUT2D eigenvalue weighted by molar-refractivity contribution is 5.98. The fourth-order valence-electron chi connectivity index (χ4n) is 4.78. The van der Waals surface area contributed by atoms with Crippen molar-refractivity contribution in [3.05, 3.63) is 95.1 Å². The lowest BCUT2D eigenvalue weighted by molar-refractivity contribution is -0.138. The smallest absolute Gasteiger partial charge is 0.247 e. The van der Waals surface area contributed by atoms with E-state index in [4.69, 9.17) is 0 Å². The molecule has 31 heavy (non-hydrogen) atoms. The van der Waals surface area contributed by atoms with Crippen LogP contribution in [0.5, 0.6) is 0 Å². The molecule has 1 aliphatic carbocycles. The van der Waals surface area contributed by atoms with E-state index in [-0.39, 0.29) is 11.8 Å². The topological polar surface area (TPSA) is 69.6 Å². The van der Waals surface area contributed by atoms with Crippen molar-refractivity contribution in [2.45, 2.75) is 24.9 Å². The first-order chi connectivity index (χ1) is 15.2. The van der Waals surface area contributed by atoms with Crippen LogP contribution in [0.1, 0.15) is 28.2 Å². The predicted octanol–water partition coefficient (Wildman–Crippen LogP) is 2.86. The van der Waals surface area contributed by atoms with Gasteiger partial charge in [-0.3, -0.25) is 9.59 Å². The maximum absolute atomic E-state index is 13.3. The molecule has 3 aromatic rings. The van der Waals surface area contributed by atoms with Gasteiger partial charge in [-0.15, -0.1) is 0 Å². The quantitative estimate of drug-likeness (QED) is 0.692. The summed E-state index contributed by atoms with van der Waals surface area (Å²) >= 11 is 0. The fourth-order valence-corrected chi connectivity index (χ4v) is 4.78. The SMILES string of the molecule is O=C(NC(CO)C(=O)N1CCc2ccccc2C1)C1c2ccccc2-c2ccccc21. The van der Waals surface area contributed by atoms with Gasteiger partial charge >= 0.3 is 0 Å². The second kappa shape index (κ2) is 8.00. The molecule has 0 saturated heterocycles. The van der Waals surface area contributed by atoms with Crippen molar-refractivity contribution >= 4 is 11.8 Å². The zero-order chi connectivity index (χ0) is 21.4. The molecule has 0 radical (unpaired) electrons. The van der Waals surface area contributed by atoms with E-state index >= 15 is 0 Å². The largest absolute Gasteiger partial charge is 0.394 e. The minimum absolute atomic E-state index is 0.245. The second-order valence-corrected chi connectivity index (χ2v) is 8.13. The summed E-state index contributed by atoms with van der Waals surface area (Å²) in [5, 5.41) is 12.8. The molecule has 0 aromatic heterocycles. The standard InChI is InChI=1S/C26H24N2O3/c29-16-23(26(31)28-14-13-17-7-1-2-8-18(17)15-28)27-25(30)24-21-11-5-3-9-19(21)20-10-4-6-12-22(20)24/h1-12,23-24,29H,13-16H2,(H,27,30). The first kappa shape index (κ1) is 19.5. The highest BCUT2D eigenvalue weighted by Crippen LogP contribution is 2.44. The molecule has 156 valence electrons. The van der Waals surface area contributed by atoms with Gasteiger partial charge in [-0.1, -0.05) is 72.8 Å². The Morgan fingerprint density at radius 3 is 2.13 bits per heavy atom. The van der Waals surface area contributed by atoms with Gasteiger partial charge in [0.1, 0.15) is 6.04 Å². The van der Waals surface area contributed by atoms with E-state index in [2.05, 4.69) is 11.4 Å². The Morgan fingerprint density at radius 1 is 0.903 bits per heavy atom. The van der Waals surface area contributed by atoms with Crippen LogP contribution in [0.15, 0.2) is 72.8 Å². The Morgan fingerprint density at radius 2 is 1.48 bits per heavy atom. The van der Waals surface area contributed by atoms with Gasteiger partial charge in [-0.2, -0.15) is 0 Å². The highest BCUT2D eigenvalue weighted by Gasteiger charge is 2.36. The van der Waals surface area contributed by atoms with Crippen LogP contribution in [-0.4, -0.2) is 41.0 Å². The summed E-state index contributed by atoms with van der Waals surface area (Å²) in [4.78, 5) is 28.2. The molecule has 0 fully saturated rings. The molecule has 1 atom stereocenters. The van der Waals surface area contributed by atoms with E-state index in [9.17, 15) is 14.7 Å². The third-order valence-electron chi connectivity index (χ3n) is 6.34. The maximum Gasteiger partial charge on any atom is 0.247 e. The summed E-state index contributed by atoms with van der Waals surface area (Å²) in [6.45, 7) is 0.645. The Hall–Kier alpha value is -3.44. The fraction of sp³-hybridized carbons (Fsp3) is 0.231. The number of nitrogens with one attached hydrogen (secondary N) is 1. The molecule has 3 aromatic carbocycles. The molecule has 0 bridgehead atoms. The molecule has 2 N–H and O–H groups in total. The van der Waals surface area contributed by atoms with Crippen LogP contribution in [0.2, 0.25) is 0 Å². The van der Waals surface area contributed by atoms with Gasteiger partial charge in [-0.05, 0) is 39.8 Å². The van der Waals surface area contributed by atoms with Crippen LogP contribution in [0.3, 0.4) is 0 Å². The summed E-state index contributed by atoms with van der Waals surface area (Å²) in [5.74, 6) is -0.997. The minimum Gasteiger partial charge on any atom is -0.394 e. The normalized spacial score (nSPS) is 15.6. The number of carbonyl (C=O) groups excluding carboxylic acids is 2.